The van der Waals surface area contributed by atoms with E-state index in [-0.39, 0.29) is 23.4 Å². The predicted octanol–water partition coefficient (Wildman–Crippen LogP) is 0.616. The third-order valence-corrected chi connectivity index (χ3v) is 4.23. The van der Waals surface area contributed by atoms with Crippen LogP contribution in [-0.2, 0) is 14.3 Å². The Bertz CT molecular complexity index is 566. The van der Waals surface area contributed by atoms with Crippen molar-refractivity contribution in [3.8, 4) is 0 Å². The Kier molecular flexibility index (Phi) is 4.33. The molecule has 0 radical (unpaired) electrons. The zero-order valence-electron chi connectivity index (χ0n) is 12.5. The number of nitrogens with zero attached hydrogens (tertiary/aromatic N) is 3. The van der Waals surface area contributed by atoms with E-state index in [1.54, 1.807) is 12.3 Å². The maximum atomic E-state index is 12.2. The van der Waals surface area contributed by atoms with Crippen LogP contribution in [0.5, 0.6) is 0 Å². The number of ether oxygens (including phenoxy) is 2. The van der Waals surface area contributed by atoms with Crippen molar-refractivity contribution in [1.29, 1.82) is 0 Å². The van der Waals surface area contributed by atoms with Crippen molar-refractivity contribution in [2.45, 2.75) is 18.8 Å². The fourth-order valence-corrected chi connectivity index (χ4v) is 2.78. The monoisotopic (exact) mass is 305 g/mol. The lowest BCUT2D eigenvalue weighted by atomic mass is 9.94. The lowest BCUT2D eigenvalue weighted by Gasteiger charge is -2.36. The second-order valence-electron chi connectivity index (χ2n) is 5.63. The van der Waals surface area contributed by atoms with Gasteiger partial charge in [-0.05, 0) is 18.9 Å². The Labute approximate surface area is 128 Å². The molecule has 7 heteroatoms. The third kappa shape index (κ3) is 2.94. The lowest BCUT2D eigenvalue weighted by molar-refractivity contribution is -0.150. The van der Waals surface area contributed by atoms with E-state index in [1.807, 2.05) is 4.90 Å². The van der Waals surface area contributed by atoms with Gasteiger partial charge in [-0.3, -0.25) is 4.79 Å². The van der Waals surface area contributed by atoms with Crippen LogP contribution in [0, 0.1) is 5.92 Å². The van der Waals surface area contributed by atoms with Crippen LogP contribution in [0.3, 0.4) is 0 Å². The Balaban J connectivity index is 1.61. The largest absolute Gasteiger partial charge is 0.464 e. The number of methoxy groups -OCH3 is 1. The van der Waals surface area contributed by atoms with Gasteiger partial charge in [0.15, 0.2) is 5.69 Å². The van der Waals surface area contributed by atoms with Crippen molar-refractivity contribution in [2.75, 3.05) is 33.4 Å². The van der Waals surface area contributed by atoms with Crippen LogP contribution in [0.4, 0.5) is 0 Å². The van der Waals surface area contributed by atoms with E-state index in [1.165, 1.54) is 7.11 Å². The fraction of sp³-hybridized carbons (Fsp3) is 0.600. The molecular weight excluding hydrogens is 286 g/mol. The van der Waals surface area contributed by atoms with Crippen LogP contribution in [0.2, 0.25) is 0 Å². The summed E-state index contributed by atoms with van der Waals surface area (Å²) >= 11 is 0. The zero-order valence-corrected chi connectivity index (χ0v) is 12.5. The number of aromatic nitrogens is 2. The Hall–Kier alpha value is -2.02. The van der Waals surface area contributed by atoms with Crippen LogP contribution in [0.15, 0.2) is 12.3 Å². The average Bonchev–Trinajstić information content (AvgIpc) is 2.52. The highest BCUT2D eigenvalue weighted by Gasteiger charge is 2.33. The topological polar surface area (TPSA) is 81.6 Å². The van der Waals surface area contributed by atoms with Gasteiger partial charge in [0.2, 0.25) is 5.91 Å². The lowest BCUT2D eigenvalue weighted by Crippen LogP contribution is -2.47. The Morgan fingerprint density at radius 1 is 1.32 bits per heavy atom. The molecule has 0 aromatic carbocycles. The van der Waals surface area contributed by atoms with Gasteiger partial charge in [-0.25, -0.2) is 14.8 Å². The molecule has 2 fully saturated rings. The summed E-state index contributed by atoms with van der Waals surface area (Å²) in [5.74, 6) is 0.596. The molecule has 0 unspecified atom stereocenters. The first-order valence-electron chi connectivity index (χ1n) is 7.47. The minimum Gasteiger partial charge on any atom is -0.464 e. The van der Waals surface area contributed by atoms with Gasteiger partial charge in [0.05, 0.1) is 26.2 Å². The molecule has 0 saturated carbocycles. The smallest absolute Gasteiger partial charge is 0.356 e. The van der Waals surface area contributed by atoms with Gasteiger partial charge in [-0.1, -0.05) is 0 Å². The van der Waals surface area contributed by atoms with Crippen LogP contribution in [0.25, 0.3) is 0 Å². The second kappa shape index (κ2) is 6.39. The number of rotatable bonds is 3. The molecule has 2 aliphatic heterocycles. The molecule has 0 atom stereocenters. The van der Waals surface area contributed by atoms with E-state index in [4.69, 9.17) is 4.74 Å². The minimum atomic E-state index is -0.457. The SMILES string of the molecule is COC(=O)c1ccnc(C2CCN(C(=O)C3COC3)CC2)n1. The van der Waals surface area contributed by atoms with E-state index in [2.05, 4.69) is 14.7 Å². The summed E-state index contributed by atoms with van der Waals surface area (Å²) in [7, 11) is 1.33. The first-order valence-corrected chi connectivity index (χ1v) is 7.47. The van der Waals surface area contributed by atoms with Gasteiger partial charge in [0.1, 0.15) is 5.82 Å². The number of likely N-dealkylation sites (tertiary alicyclic amines) is 1. The van der Waals surface area contributed by atoms with E-state index in [0.717, 1.165) is 12.8 Å². The van der Waals surface area contributed by atoms with E-state index in [9.17, 15) is 9.59 Å². The van der Waals surface area contributed by atoms with E-state index in [0.29, 0.717) is 32.1 Å². The van der Waals surface area contributed by atoms with Gasteiger partial charge in [0.25, 0.3) is 0 Å². The normalized spacial score (nSPS) is 19.6. The third-order valence-electron chi connectivity index (χ3n) is 4.23. The summed E-state index contributed by atoms with van der Waals surface area (Å²) in [5, 5.41) is 0. The number of amides is 1. The molecule has 2 saturated heterocycles. The van der Waals surface area contributed by atoms with Gasteiger partial charge in [0, 0.05) is 25.2 Å². The molecule has 1 aromatic heterocycles. The number of hydrogen-bond acceptors (Lipinski definition) is 6. The van der Waals surface area contributed by atoms with Crippen molar-refractivity contribution >= 4 is 11.9 Å². The highest BCUT2D eigenvalue weighted by molar-refractivity contribution is 5.86. The quantitative estimate of drug-likeness (QED) is 0.761. The number of carbonyl (C=O) groups is 2. The van der Waals surface area contributed by atoms with Crippen LogP contribution >= 0.6 is 0 Å². The number of carbonyl (C=O) groups excluding carboxylic acids is 2. The van der Waals surface area contributed by atoms with Crippen LogP contribution in [0.1, 0.15) is 35.1 Å². The molecule has 0 aliphatic carbocycles. The molecule has 2 aliphatic rings. The van der Waals surface area contributed by atoms with Crippen molar-refractivity contribution < 1.29 is 19.1 Å². The summed E-state index contributed by atoms with van der Waals surface area (Å²) in [6.45, 7) is 2.49. The average molecular weight is 305 g/mol. The molecule has 1 aromatic rings. The van der Waals surface area contributed by atoms with Gasteiger partial charge >= 0.3 is 5.97 Å². The summed E-state index contributed by atoms with van der Waals surface area (Å²) in [6.07, 6.45) is 3.20. The Morgan fingerprint density at radius 2 is 2.05 bits per heavy atom. The van der Waals surface area contributed by atoms with Gasteiger partial charge in [-0.15, -0.1) is 0 Å². The summed E-state index contributed by atoms with van der Waals surface area (Å²) in [6, 6.07) is 1.55. The number of piperidine rings is 1. The maximum Gasteiger partial charge on any atom is 0.356 e. The summed E-state index contributed by atoms with van der Waals surface area (Å²) in [4.78, 5) is 34.1. The van der Waals surface area contributed by atoms with E-state index < -0.39 is 5.97 Å². The maximum absolute atomic E-state index is 12.2. The van der Waals surface area contributed by atoms with Gasteiger partial charge in [-0.2, -0.15) is 0 Å². The molecule has 3 rings (SSSR count). The first kappa shape index (κ1) is 14.9. The van der Waals surface area contributed by atoms with Crippen LogP contribution < -0.4 is 0 Å². The molecule has 0 spiro atoms. The fourth-order valence-electron chi connectivity index (χ4n) is 2.78. The molecule has 1 amide bonds. The predicted molar refractivity (Wildman–Crippen MR) is 76.2 cm³/mol. The first-order chi connectivity index (χ1) is 10.7. The minimum absolute atomic E-state index is 0.0375. The van der Waals surface area contributed by atoms with Crippen molar-refractivity contribution in [3.63, 3.8) is 0 Å². The second-order valence-corrected chi connectivity index (χ2v) is 5.63. The van der Waals surface area contributed by atoms with Crippen LogP contribution in [-0.4, -0.2) is 60.2 Å². The highest BCUT2D eigenvalue weighted by atomic mass is 16.5. The van der Waals surface area contributed by atoms with Crippen molar-refractivity contribution in [2.24, 2.45) is 5.92 Å². The molecule has 3 heterocycles. The molecule has 0 bridgehead atoms. The van der Waals surface area contributed by atoms with Gasteiger partial charge < -0.3 is 14.4 Å². The van der Waals surface area contributed by atoms with Crippen molar-refractivity contribution in [3.05, 3.63) is 23.8 Å². The van der Waals surface area contributed by atoms with Crippen molar-refractivity contribution in [1.82, 2.24) is 14.9 Å². The highest BCUT2D eigenvalue weighted by Crippen LogP contribution is 2.27. The Morgan fingerprint density at radius 3 is 2.64 bits per heavy atom. The standard InChI is InChI=1S/C15H19N3O4/c1-21-15(20)12-2-5-16-13(17-12)10-3-6-18(7-4-10)14(19)11-8-22-9-11/h2,5,10-11H,3-4,6-9H2,1H3. The number of esters is 1. The zero-order chi connectivity index (χ0) is 15.5. The molecule has 0 N–H and O–H groups in total. The summed E-state index contributed by atoms with van der Waals surface area (Å²) in [5.41, 5.74) is 0.276. The molecule has 7 nitrogen and oxygen atoms in total. The van der Waals surface area contributed by atoms with E-state index >= 15 is 0 Å². The molecule has 118 valence electrons. The molecular formula is C15H19N3O4. The molecule has 22 heavy (non-hydrogen) atoms. The number of hydrogen-bond donors (Lipinski definition) is 0. The summed E-state index contributed by atoms with van der Waals surface area (Å²) < 4.78 is 9.75.